The van der Waals surface area contributed by atoms with Crippen LogP contribution >= 0.6 is 0 Å². The van der Waals surface area contributed by atoms with E-state index in [9.17, 15) is 9.18 Å². The maximum atomic E-state index is 13.3. The fourth-order valence-electron chi connectivity index (χ4n) is 2.72. The lowest BCUT2D eigenvalue weighted by molar-refractivity contribution is 0.102. The number of nitrogens with zero attached hydrogens (tertiary/aromatic N) is 1. The van der Waals surface area contributed by atoms with E-state index in [4.69, 9.17) is 14.2 Å². The Bertz CT molecular complexity index is 1000. The van der Waals surface area contributed by atoms with Gasteiger partial charge in [-0.15, -0.1) is 0 Å². The van der Waals surface area contributed by atoms with E-state index in [2.05, 4.69) is 15.6 Å². The third-order valence-electron chi connectivity index (χ3n) is 4.04. The zero-order valence-corrected chi connectivity index (χ0v) is 16.2. The first-order valence-corrected chi connectivity index (χ1v) is 8.63. The summed E-state index contributed by atoms with van der Waals surface area (Å²) in [5.41, 5.74) is 1.88. The molecule has 7 nitrogen and oxygen atoms in total. The molecule has 0 radical (unpaired) electrons. The zero-order valence-electron chi connectivity index (χ0n) is 16.2. The summed E-state index contributed by atoms with van der Waals surface area (Å²) in [4.78, 5) is 16.7. The lowest BCUT2D eigenvalue weighted by atomic mass is 10.2. The lowest BCUT2D eigenvalue weighted by Gasteiger charge is -2.15. The molecule has 8 heteroatoms. The van der Waals surface area contributed by atoms with Gasteiger partial charge in [0.2, 0.25) is 5.75 Å². The topological polar surface area (TPSA) is 81.7 Å². The minimum absolute atomic E-state index is 0.320. The minimum atomic E-state index is -0.380. The van der Waals surface area contributed by atoms with Crippen LogP contribution in [0.2, 0.25) is 0 Å². The third kappa shape index (κ3) is 4.73. The number of carbonyl (C=O) groups is 1. The number of anilines is 3. The van der Waals surface area contributed by atoms with Gasteiger partial charge in [-0.2, -0.15) is 0 Å². The third-order valence-corrected chi connectivity index (χ3v) is 4.04. The van der Waals surface area contributed by atoms with Crippen molar-refractivity contribution >= 4 is 23.0 Å². The normalized spacial score (nSPS) is 10.2. The molecule has 1 aromatic heterocycles. The number of nitrogens with one attached hydrogen (secondary N) is 2. The second kappa shape index (κ2) is 8.92. The first kappa shape index (κ1) is 19.9. The molecule has 0 unspecified atom stereocenters. The monoisotopic (exact) mass is 397 g/mol. The fourth-order valence-corrected chi connectivity index (χ4v) is 2.72. The van der Waals surface area contributed by atoms with Gasteiger partial charge in [-0.25, -0.2) is 4.39 Å². The zero-order chi connectivity index (χ0) is 20.8. The number of pyridine rings is 1. The van der Waals surface area contributed by atoms with Gasteiger partial charge >= 0.3 is 0 Å². The molecule has 0 spiro atoms. The predicted molar refractivity (Wildman–Crippen MR) is 108 cm³/mol. The average molecular weight is 397 g/mol. The SMILES string of the molecule is COc1cc(NC(=O)c2cncc(Nc3cccc(F)c3)c2)cc(OC)c1OC. The molecule has 3 aromatic rings. The second-order valence-corrected chi connectivity index (χ2v) is 5.97. The number of methoxy groups -OCH3 is 3. The Hall–Kier alpha value is -3.81. The van der Waals surface area contributed by atoms with Crippen molar-refractivity contribution < 1.29 is 23.4 Å². The quantitative estimate of drug-likeness (QED) is 0.621. The standard InChI is InChI=1S/C21H20FN3O4/c1-27-18-9-16(10-19(28-2)20(18)29-3)25-21(26)13-7-17(12-23-11-13)24-15-6-4-5-14(22)8-15/h4-12,24H,1-3H3,(H,25,26). The number of benzene rings is 2. The highest BCUT2D eigenvalue weighted by Gasteiger charge is 2.15. The Balaban J connectivity index is 1.81. The van der Waals surface area contributed by atoms with E-state index in [0.717, 1.165) is 0 Å². The van der Waals surface area contributed by atoms with Gasteiger partial charge in [0.15, 0.2) is 11.5 Å². The van der Waals surface area contributed by atoms with E-state index in [1.165, 1.54) is 39.7 Å². The van der Waals surface area contributed by atoms with E-state index in [1.54, 1.807) is 36.5 Å². The maximum Gasteiger partial charge on any atom is 0.257 e. The van der Waals surface area contributed by atoms with E-state index >= 15 is 0 Å². The van der Waals surface area contributed by atoms with Crippen molar-refractivity contribution in [3.05, 3.63) is 66.2 Å². The van der Waals surface area contributed by atoms with Crippen LogP contribution in [-0.2, 0) is 0 Å². The first-order chi connectivity index (χ1) is 14.0. The number of carbonyl (C=O) groups excluding carboxylic acids is 1. The molecule has 0 fully saturated rings. The number of halogens is 1. The summed E-state index contributed by atoms with van der Waals surface area (Å²) in [5, 5.41) is 5.79. The van der Waals surface area contributed by atoms with Gasteiger partial charge in [0.25, 0.3) is 5.91 Å². The van der Waals surface area contributed by atoms with Crippen LogP contribution in [0.15, 0.2) is 54.9 Å². The highest BCUT2D eigenvalue weighted by atomic mass is 19.1. The molecule has 0 saturated carbocycles. The van der Waals surface area contributed by atoms with Gasteiger partial charge in [0.05, 0.1) is 38.8 Å². The number of aromatic nitrogens is 1. The van der Waals surface area contributed by atoms with Gasteiger partial charge in [-0.05, 0) is 24.3 Å². The van der Waals surface area contributed by atoms with E-state index in [-0.39, 0.29) is 11.7 Å². The Labute approximate surface area is 167 Å². The molecule has 0 atom stereocenters. The number of ether oxygens (including phenoxy) is 3. The molecular weight excluding hydrogens is 377 g/mol. The Morgan fingerprint density at radius 3 is 2.24 bits per heavy atom. The molecule has 2 aromatic carbocycles. The highest BCUT2D eigenvalue weighted by Crippen LogP contribution is 2.40. The van der Waals surface area contributed by atoms with Crippen molar-refractivity contribution in [3.8, 4) is 17.2 Å². The van der Waals surface area contributed by atoms with E-state index < -0.39 is 0 Å². The van der Waals surface area contributed by atoms with Crippen LogP contribution in [0.4, 0.5) is 21.5 Å². The average Bonchev–Trinajstić information content (AvgIpc) is 2.73. The molecular formula is C21H20FN3O4. The van der Waals surface area contributed by atoms with Crippen LogP contribution in [0.1, 0.15) is 10.4 Å². The van der Waals surface area contributed by atoms with Gasteiger partial charge in [0.1, 0.15) is 5.82 Å². The van der Waals surface area contributed by atoms with Crippen molar-refractivity contribution in [1.82, 2.24) is 4.98 Å². The number of amides is 1. The first-order valence-electron chi connectivity index (χ1n) is 8.63. The van der Waals surface area contributed by atoms with Crippen molar-refractivity contribution in [3.63, 3.8) is 0 Å². The molecule has 2 N–H and O–H groups in total. The summed E-state index contributed by atoms with van der Waals surface area (Å²) in [6.07, 6.45) is 2.98. The van der Waals surface area contributed by atoms with Gasteiger partial charge in [-0.3, -0.25) is 9.78 Å². The fraction of sp³-hybridized carbons (Fsp3) is 0.143. The van der Waals surface area contributed by atoms with Crippen LogP contribution < -0.4 is 24.8 Å². The van der Waals surface area contributed by atoms with Crippen LogP contribution in [0, 0.1) is 5.82 Å². The number of hydrogen-bond acceptors (Lipinski definition) is 6. The van der Waals surface area contributed by atoms with Crippen molar-refractivity contribution in [1.29, 1.82) is 0 Å². The predicted octanol–water partition coefficient (Wildman–Crippen LogP) is 4.24. The smallest absolute Gasteiger partial charge is 0.257 e. The van der Waals surface area contributed by atoms with Gasteiger partial charge in [-0.1, -0.05) is 6.07 Å². The highest BCUT2D eigenvalue weighted by molar-refractivity contribution is 6.05. The minimum Gasteiger partial charge on any atom is -0.493 e. The summed E-state index contributed by atoms with van der Waals surface area (Å²) >= 11 is 0. The number of rotatable bonds is 7. The Morgan fingerprint density at radius 1 is 0.897 bits per heavy atom. The molecule has 0 saturated heterocycles. The molecule has 3 rings (SSSR count). The van der Waals surface area contributed by atoms with E-state index in [1.807, 2.05) is 0 Å². The molecule has 0 aliphatic rings. The Morgan fingerprint density at radius 2 is 1.62 bits per heavy atom. The summed E-state index contributed by atoms with van der Waals surface area (Å²) in [6.45, 7) is 0. The summed E-state index contributed by atoms with van der Waals surface area (Å²) in [7, 11) is 4.49. The Kier molecular flexibility index (Phi) is 6.13. The molecule has 0 bridgehead atoms. The van der Waals surface area contributed by atoms with Crippen LogP contribution in [0.25, 0.3) is 0 Å². The summed E-state index contributed by atoms with van der Waals surface area (Å²) < 4.78 is 29.2. The molecule has 150 valence electrons. The van der Waals surface area contributed by atoms with Crippen molar-refractivity contribution in [2.24, 2.45) is 0 Å². The molecule has 0 aliphatic heterocycles. The number of hydrogen-bond donors (Lipinski definition) is 2. The van der Waals surface area contributed by atoms with Gasteiger partial charge < -0.3 is 24.8 Å². The van der Waals surface area contributed by atoms with Crippen LogP contribution in [0.3, 0.4) is 0 Å². The van der Waals surface area contributed by atoms with Crippen molar-refractivity contribution in [2.45, 2.75) is 0 Å². The largest absolute Gasteiger partial charge is 0.493 e. The van der Waals surface area contributed by atoms with Gasteiger partial charge in [0, 0.05) is 29.7 Å². The van der Waals surface area contributed by atoms with Crippen LogP contribution in [-0.4, -0.2) is 32.2 Å². The summed E-state index contributed by atoms with van der Waals surface area (Å²) in [5.74, 6) is 0.522. The molecule has 1 amide bonds. The molecule has 0 aliphatic carbocycles. The molecule has 1 heterocycles. The summed E-state index contributed by atoms with van der Waals surface area (Å²) in [6, 6.07) is 10.9. The van der Waals surface area contributed by atoms with Crippen LogP contribution in [0.5, 0.6) is 17.2 Å². The molecule has 29 heavy (non-hydrogen) atoms. The van der Waals surface area contributed by atoms with E-state index in [0.29, 0.717) is 39.9 Å². The lowest BCUT2D eigenvalue weighted by Crippen LogP contribution is -2.13. The van der Waals surface area contributed by atoms with Crippen molar-refractivity contribution in [2.75, 3.05) is 32.0 Å². The maximum absolute atomic E-state index is 13.3. The second-order valence-electron chi connectivity index (χ2n) is 5.97.